The average molecular weight is 367 g/mol. The van der Waals surface area contributed by atoms with Crippen LogP contribution in [0.4, 0.5) is 5.13 Å². The van der Waals surface area contributed by atoms with Gasteiger partial charge in [0.25, 0.3) is 5.91 Å². The number of benzene rings is 2. The van der Waals surface area contributed by atoms with Crippen LogP contribution < -0.4 is 14.8 Å². The largest absolute Gasteiger partial charge is 0.482 e. The third kappa shape index (κ3) is 3.52. The normalized spacial score (nSPS) is 18.3. The lowest BCUT2D eigenvalue weighted by Crippen LogP contribution is -2.46. The van der Waals surface area contributed by atoms with Crippen LogP contribution in [-0.4, -0.2) is 28.3 Å². The molecule has 6 nitrogen and oxygen atoms in total. The smallest absolute Gasteiger partial charge is 0.271 e. The summed E-state index contributed by atoms with van der Waals surface area (Å²) in [6.45, 7) is 1.81. The van der Waals surface area contributed by atoms with Gasteiger partial charge in [0.05, 0.1) is 0 Å². The zero-order valence-corrected chi connectivity index (χ0v) is 14.9. The predicted octanol–water partition coefficient (Wildman–Crippen LogP) is 3.30. The summed E-state index contributed by atoms with van der Waals surface area (Å²) in [7, 11) is 0. The number of hydrogen-bond donors (Lipinski definition) is 1. The minimum absolute atomic E-state index is 0.297. The fourth-order valence-corrected chi connectivity index (χ4v) is 3.51. The lowest BCUT2D eigenvalue weighted by molar-refractivity contribution is -0.128. The van der Waals surface area contributed by atoms with Crippen LogP contribution in [0.25, 0.3) is 0 Å². The van der Waals surface area contributed by atoms with Gasteiger partial charge < -0.3 is 9.47 Å². The van der Waals surface area contributed by atoms with Gasteiger partial charge >= 0.3 is 0 Å². The maximum absolute atomic E-state index is 12.6. The van der Waals surface area contributed by atoms with Crippen molar-refractivity contribution in [3.63, 3.8) is 0 Å². The van der Waals surface area contributed by atoms with E-state index in [1.807, 2.05) is 48.5 Å². The Morgan fingerprint density at radius 2 is 1.73 bits per heavy atom. The molecule has 26 heavy (non-hydrogen) atoms. The summed E-state index contributed by atoms with van der Waals surface area (Å²) in [6.07, 6.45) is -0.464. The first kappa shape index (κ1) is 16.5. The molecule has 2 heterocycles. The van der Waals surface area contributed by atoms with Crippen molar-refractivity contribution in [3.8, 4) is 11.5 Å². The molecule has 1 aromatic heterocycles. The maximum atomic E-state index is 12.6. The Morgan fingerprint density at radius 3 is 2.50 bits per heavy atom. The molecule has 1 aliphatic rings. The predicted molar refractivity (Wildman–Crippen MR) is 98.7 cm³/mol. The second-order valence-corrected chi connectivity index (χ2v) is 7.02. The van der Waals surface area contributed by atoms with Crippen LogP contribution in [0.3, 0.4) is 0 Å². The van der Waals surface area contributed by atoms with Crippen LogP contribution in [0, 0.1) is 0 Å². The van der Waals surface area contributed by atoms with E-state index in [1.165, 1.54) is 11.3 Å². The summed E-state index contributed by atoms with van der Waals surface area (Å²) >= 11 is 1.36. The maximum Gasteiger partial charge on any atom is 0.271 e. The van der Waals surface area contributed by atoms with Gasteiger partial charge in [-0.05, 0) is 24.6 Å². The van der Waals surface area contributed by atoms with Gasteiger partial charge in [-0.2, -0.15) is 0 Å². The molecule has 0 saturated heterocycles. The van der Waals surface area contributed by atoms with Crippen molar-refractivity contribution in [1.29, 1.82) is 0 Å². The minimum Gasteiger partial charge on any atom is -0.482 e. The Balaban J connectivity index is 1.42. The van der Waals surface area contributed by atoms with Crippen LogP contribution in [0.1, 0.15) is 17.5 Å². The van der Waals surface area contributed by atoms with E-state index in [4.69, 9.17) is 9.47 Å². The molecule has 7 heteroatoms. The molecule has 0 spiro atoms. The average Bonchev–Trinajstić information content (AvgIpc) is 3.08. The number of anilines is 1. The number of para-hydroxylation sites is 2. The molecule has 0 fully saturated rings. The second-order valence-electron chi connectivity index (χ2n) is 5.96. The number of nitrogens with one attached hydrogen (secondary N) is 1. The SMILES string of the molecule is C[C@@H]1Oc2ccccc2O[C@H]1C(=O)Nc1nnc(Cc2ccccc2)s1. The lowest BCUT2D eigenvalue weighted by Gasteiger charge is -2.30. The number of carbonyl (C=O) groups excluding carboxylic acids is 1. The van der Waals surface area contributed by atoms with Crippen LogP contribution in [-0.2, 0) is 11.2 Å². The molecular weight excluding hydrogens is 350 g/mol. The third-order valence-electron chi connectivity index (χ3n) is 4.00. The molecule has 0 radical (unpaired) electrons. The Labute approximate surface area is 154 Å². The van der Waals surface area contributed by atoms with Crippen LogP contribution in [0.5, 0.6) is 11.5 Å². The highest BCUT2D eigenvalue weighted by molar-refractivity contribution is 7.15. The van der Waals surface area contributed by atoms with Crippen molar-refractivity contribution in [3.05, 3.63) is 65.2 Å². The van der Waals surface area contributed by atoms with E-state index in [0.29, 0.717) is 23.1 Å². The zero-order valence-electron chi connectivity index (χ0n) is 14.1. The van der Waals surface area contributed by atoms with E-state index in [0.717, 1.165) is 10.6 Å². The van der Waals surface area contributed by atoms with E-state index >= 15 is 0 Å². The first-order valence-electron chi connectivity index (χ1n) is 8.28. The molecule has 4 rings (SSSR count). The number of hydrogen-bond acceptors (Lipinski definition) is 6. The monoisotopic (exact) mass is 367 g/mol. The number of aromatic nitrogens is 2. The van der Waals surface area contributed by atoms with Crippen LogP contribution >= 0.6 is 11.3 Å². The summed E-state index contributed by atoms with van der Waals surface area (Å²) < 4.78 is 11.6. The summed E-state index contributed by atoms with van der Waals surface area (Å²) in [5.74, 6) is 0.910. The molecule has 0 saturated carbocycles. The number of ether oxygens (including phenoxy) is 2. The lowest BCUT2D eigenvalue weighted by atomic mass is 10.1. The first-order chi connectivity index (χ1) is 12.7. The highest BCUT2D eigenvalue weighted by Crippen LogP contribution is 2.33. The fraction of sp³-hybridized carbons (Fsp3) is 0.211. The highest BCUT2D eigenvalue weighted by Gasteiger charge is 2.34. The number of nitrogens with zero attached hydrogens (tertiary/aromatic N) is 2. The van der Waals surface area contributed by atoms with E-state index in [1.54, 1.807) is 13.0 Å². The van der Waals surface area contributed by atoms with Gasteiger partial charge in [-0.3, -0.25) is 10.1 Å². The van der Waals surface area contributed by atoms with Crippen molar-refractivity contribution in [2.75, 3.05) is 5.32 Å². The summed E-state index contributed by atoms with van der Waals surface area (Å²) in [4.78, 5) is 12.6. The van der Waals surface area contributed by atoms with Gasteiger partial charge in [0.1, 0.15) is 11.1 Å². The molecule has 1 aliphatic heterocycles. The van der Waals surface area contributed by atoms with Gasteiger partial charge in [-0.15, -0.1) is 10.2 Å². The van der Waals surface area contributed by atoms with Crippen molar-refractivity contribution in [2.24, 2.45) is 0 Å². The zero-order chi connectivity index (χ0) is 17.9. The highest BCUT2D eigenvalue weighted by atomic mass is 32.1. The Bertz CT molecular complexity index is 913. The number of carbonyl (C=O) groups is 1. The quantitative estimate of drug-likeness (QED) is 0.766. The Hall–Kier alpha value is -2.93. The molecule has 132 valence electrons. The van der Waals surface area contributed by atoms with Crippen molar-refractivity contribution in [1.82, 2.24) is 10.2 Å². The standard InChI is InChI=1S/C19H17N3O3S/c1-12-17(25-15-10-6-5-9-14(15)24-12)18(23)20-19-22-21-16(26-19)11-13-7-3-2-4-8-13/h2-10,12,17H,11H2,1H3,(H,20,22,23)/t12-,17+/m0/s1. The van der Waals surface area contributed by atoms with E-state index < -0.39 is 12.2 Å². The molecule has 0 aliphatic carbocycles. The van der Waals surface area contributed by atoms with Crippen LogP contribution in [0.2, 0.25) is 0 Å². The van der Waals surface area contributed by atoms with Gasteiger partial charge in [0.2, 0.25) is 11.2 Å². The Morgan fingerprint density at radius 1 is 1.04 bits per heavy atom. The van der Waals surface area contributed by atoms with E-state index in [2.05, 4.69) is 15.5 Å². The summed E-state index contributed by atoms with van der Waals surface area (Å²) in [5.41, 5.74) is 1.15. The second kappa shape index (κ2) is 7.13. The number of rotatable bonds is 4. The van der Waals surface area contributed by atoms with E-state index in [-0.39, 0.29) is 5.91 Å². The number of fused-ring (bicyclic) bond motifs is 1. The van der Waals surface area contributed by atoms with Gasteiger partial charge in [0.15, 0.2) is 11.5 Å². The van der Waals surface area contributed by atoms with E-state index in [9.17, 15) is 4.79 Å². The molecule has 1 N–H and O–H groups in total. The minimum atomic E-state index is -0.744. The molecule has 0 bridgehead atoms. The van der Waals surface area contributed by atoms with Gasteiger partial charge in [-0.25, -0.2) is 0 Å². The summed E-state index contributed by atoms with van der Waals surface area (Å²) in [6, 6.07) is 17.3. The van der Waals surface area contributed by atoms with Gasteiger partial charge in [0, 0.05) is 6.42 Å². The van der Waals surface area contributed by atoms with Crippen molar-refractivity contribution < 1.29 is 14.3 Å². The topological polar surface area (TPSA) is 73.3 Å². The molecule has 2 aromatic carbocycles. The summed E-state index contributed by atoms with van der Waals surface area (Å²) in [5, 5.41) is 12.3. The third-order valence-corrected chi connectivity index (χ3v) is 4.83. The number of amides is 1. The molecule has 2 atom stereocenters. The Kier molecular flexibility index (Phi) is 4.53. The molecule has 0 unspecified atom stereocenters. The molecule has 3 aromatic rings. The van der Waals surface area contributed by atoms with Gasteiger partial charge in [-0.1, -0.05) is 53.8 Å². The van der Waals surface area contributed by atoms with Crippen molar-refractivity contribution >= 4 is 22.4 Å². The van der Waals surface area contributed by atoms with Crippen LogP contribution in [0.15, 0.2) is 54.6 Å². The molecule has 1 amide bonds. The first-order valence-corrected chi connectivity index (χ1v) is 9.10. The van der Waals surface area contributed by atoms with Crippen molar-refractivity contribution in [2.45, 2.75) is 25.6 Å². The fourth-order valence-electron chi connectivity index (χ4n) is 2.73. The molecular formula is C19H17N3O3S.